The van der Waals surface area contributed by atoms with Gasteiger partial charge in [-0.2, -0.15) is 0 Å². The van der Waals surface area contributed by atoms with Gasteiger partial charge in [0.2, 0.25) is 0 Å². The number of hydrogen-bond acceptors (Lipinski definition) is 2. The number of halogens is 1. The Morgan fingerprint density at radius 1 is 1.11 bits per heavy atom. The molecule has 0 atom stereocenters. The van der Waals surface area contributed by atoms with Crippen LogP contribution in [0.4, 0.5) is 15.8 Å². The van der Waals surface area contributed by atoms with Gasteiger partial charge in [-0.05, 0) is 37.2 Å². The minimum atomic E-state index is -0.196. The van der Waals surface area contributed by atoms with Gasteiger partial charge in [-0.1, -0.05) is 30.3 Å². The molecule has 0 aliphatic rings. The predicted octanol–water partition coefficient (Wildman–Crippen LogP) is 3.62. The van der Waals surface area contributed by atoms with Crippen LogP contribution in [0.15, 0.2) is 42.5 Å². The molecule has 0 aromatic heterocycles. The van der Waals surface area contributed by atoms with Crippen LogP contribution in [0.25, 0.3) is 0 Å². The smallest absolute Gasteiger partial charge is 0.147 e. The molecular weight excluding hydrogens is 239 g/mol. The number of hydrogen-bond donors (Lipinski definition) is 1. The largest absolute Gasteiger partial charge is 0.342 e. The van der Waals surface area contributed by atoms with E-state index in [1.807, 2.05) is 56.3 Å². The molecule has 2 nitrogen and oxygen atoms in total. The number of anilines is 2. The zero-order valence-electron chi connectivity index (χ0n) is 11.6. The Bertz CT molecular complexity index is 566. The topological polar surface area (TPSA) is 15.3 Å². The molecule has 2 aromatic carbocycles. The van der Waals surface area contributed by atoms with Gasteiger partial charge in [-0.3, -0.25) is 0 Å². The van der Waals surface area contributed by atoms with Gasteiger partial charge in [0.15, 0.2) is 0 Å². The van der Waals surface area contributed by atoms with Crippen molar-refractivity contribution in [3.05, 3.63) is 59.4 Å². The third-order valence-electron chi connectivity index (χ3n) is 3.25. The molecule has 3 heteroatoms. The van der Waals surface area contributed by atoms with Crippen LogP contribution in [0.5, 0.6) is 0 Å². The summed E-state index contributed by atoms with van der Waals surface area (Å²) >= 11 is 0. The highest BCUT2D eigenvalue weighted by Crippen LogP contribution is 2.31. The molecule has 0 fully saturated rings. The maximum Gasteiger partial charge on any atom is 0.147 e. The summed E-state index contributed by atoms with van der Waals surface area (Å²) in [5, 5.41) is 3.08. The van der Waals surface area contributed by atoms with Gasteiger partial charge in [-0.25, -0.2) is 4.39 Å². The van der Waals surface area contributed by atoms with Gasteiger partial charge in [0, 0.05) is 19.3 Å². The molecular formula is C16H19FN2. The molecule has 2 aromatic rings. The molecule has 0 amide bonds. The highest BCUT2D eigenvalue weighted by atomic mass is 19.1. The molecule has 19 heavy (non-hydrogen) atoms. The molecule has 0 bridgehead atoms. The second-order valence-electron chi connectivity index (χ2n) is 4.62. The van der Waals surface area contributed by atoms with Crippen molar-refractivity contribution in [2.45, 2.75) is 13.5 Å². The first kappa shape index (κ1) is 13.6. The summed E-state index contributed by atoms with van der Waals surface area (Å²) in [4.78, 5) is 1.91. The van der Waals surface area contributed by atoms with Gasteiger partial charge in [-0.15, -0.1) is 0 Å². The number of para-hydroxylation sites is 2. The van der Waals surface area contributed by atoms with E-state index in [1.165, 1.54) is 6.07 Å². The molecule has 1 N–H and O–H groups in total. The number of rotatable bonds is 4. The van der Waals surface area contributed by atoms with E-state index in [4.69, 9.17) is 0 Å². The van der Waals surface area contributed by atoms with Gasteiger partial charge in [0.1, 0.15) is 5.82 Å². The lowest BCUT2D eigenvalue weighted by molar-refractivity contribution is 0.623. The van der Waals surface area contributed by atoms with E-state index in [0.29, 0.717) is 12.2 Å². The maximum absolute atomic E-state index is 14.2. The Kier molecular flexibility index (Phi) is 4.17. The van der Waals surface area contributed by atoms with Crippen molar-refractivity contribution in [3.8, 4) is 0 Å². The van der Waals surface area contributed by atoms with Crippen LogP contribution in [0.2, 0.25) is 0 Å². The van der Waals surface area contributed by atoms with Gasteiger partial charge in [0.05, 0.1) is 5.69 Å². The summed E-state index contributed by atoms with van der Waals surface area (Å²) < 4.78 is 14.2. The Morgan fingerprint density at radius 2 is 1.84 bits per heavy atom. The van der Waals surface area contributed by atoms with E-state index >= 15 is 0 Å². The van der Waals surface area contributed by atoms with E-state index in [1.54, 1.807) is 6.07 Å². The van der Waals surface area contributed by atoms with Crippen molar-refractivity contribution in [2.24, 2.45) is 0 Å². The van der Waals surface area contributed by atoms with Crippen LogP contribution >= 0.6 is 0 Å². The first-order chi connectivity index (χ1) is 9.15. The van der Waals surface area contributed by atoms with Crippen molar-refractivity contribution in [3.63, 3.8) is 0 Å². The van der Waals surface area contributed by atoms with E-state index in [-0.39, 0.29) is 5.82 Å². The van der Waals surface area contributed by atoms with Crippen molar-refractivity contribution < 1.29 is 4.39 Å². The van der Waals surface area contributed by atoms with Crippen molar-refractivity contribution in [1.82, 2.24) is 5.32 Å². The number of nitrogens with one attached hydrogen (secondary N) is 1. The standard InChI is InChI=1S/C16H19FN2/c1-12-7-4-5-10-15(12)19(3)16-13(11-18-2)8-6-9-14(16)17/h4-10,18H,11H2,1-3H3. The summed E-state index contributed by atoms with van der Waals surface area (Å²) in [5.41, 5.74) is 3.73. The SMILES string of the molecule is CNCc1cccc(F)c1N(C)c1ccccc1C. The highest BCUT2D eigenvalue weighted by molar-refractivity contribution is 5.68. The fourth-order valence-electron chi connectivity index (χ4n) is 2.33. The van der Waals surface area contributed by atoms with Gasteiger partial charge in [0.25, 0.3) is 0 Å². The average molecular weight is 258 g/mol. The summed E-state index contributed by atoms with van der Waals surface area (Å²) in [6.45, 7) is 2.67. The maximum atomic E-state index is 14.2. The molecule has 0 saturated carbocycles. The van der Waals surface area contributed by atoms with Crippen molar-refractivity contribution >= 4 is 11.4 Å². The summed E-state index contributed by atoms with van der Waals surface area (Å²) in [6, 6.07) is 13.2. The number of nitrogens with zero attached hydrogens (tertiary/aromatic N) is 1. The summed E-state index contributed by atoms with van der Waals surface area (Å²) in [5.74, 6) is -0.196. The third kappa shape index (κ3) is 2.76. The van der Waals surface area contributed by atoms with Crippen LogP contribution < -0.4 is 10.2 Å². The quantitative estimate of drug-likeness (QED) is 0.901. The molecule has 100 valence electrons. The molecule has 0 radical (unpaired) electrons. The predicted molar refractivity (Wildman–Crippen MR) is 78.4 cm³/mol. The molecule has 0 spiro atoms. The van der Waals surface area contributed by atoms with E-state index in [9.17, 15) is 4.39 Å². The fraction of sp³-hybridized carbons (Fsp3) is 0.250. The Morgan fingerprint density at radius 3 is 2.53 bits per heavy atom. The first-order valence-electron chi connectivity index (χ1n) is 6.36. The lowest BCUT2D eigenvalue weighted by atomic mass is 10.1. The first-order valence-corrected chi connectivity index (χ1v) is 6.36. The minimum Gasteiger partial charge on any atom is -0.342 e. The highest BCUT2D eigenvalue weighted by Gasteiger charge is 2.15. The summed E-state index contributed by atoms with van der Waals surface area (Å²) in [7, 11) is 3.77. The Labute approximate surface area is 113 Å². The molecule has 0 unspecified atom stereocenters. The second kappa shape index (κ2) is 5.85. The molecule has 0 aliphatic heterocycles. The van der Waals surface area contributed by atoms with E-state index < -0.39 is 0 Å². The van der Waals surface area contributed by atoms with E-state index in [2.05, 4.69) is 5.32 Å². The third-order valence-corrected chi connectivity index (χ3v) is 3.25. The zero-order valence-corrected chi connectivity index (χ0v) is 11.6. The lowest BCUT2D eigenvalue weighted by Crippen LogP contribution is -2.17. The Balaban J connectivity index is 2.49. The molecule has 0 aliphatic carbocycles. The average Bonchev–Trinajstić information content (AvgIpc) is 2.39. The summed E-state index contributed by atoms with van der Waals surface area (Å²) in [6.07, 6.45) is 0. The normalized spacial score (nSPS) is 10.5. The number of aryl methyl sites for hydroxylation is 1. The molecule has 2 rings (SSSR count). The Hall–Kier alpha value is -1.87. The van der Waals surface area contributed by atoms with Gasteiger partial charge < -0.3 is 10.2 Å². The van der Waals surface area contributed by atoms with Crippen LogP contribution in [0.1, 0.15) is 11.1 Å². The molecule has 0 heterocycles. The van der Waals surface area contributed by atoms with Gasteiger partial charge >= 0.3 is 0 Å². The molecule has 0 saturated heterocycles. The van der Waals surface area contributed by atoms with Crippen LogP contribution in [-0.4, -0.2) is 14.1 Å². The van der Waals surface area contributed by atoms with Crippen LogP contribution in [0.3, 0.4) is 0 Å². The van der Waals surface area contributed by atoms with Crippen molar-refractivity contribution in [1.29, 1.82) is 0 Å². The van der Waals surface area contributed by atoms with E-state index in [0.717, 1.165) is 16.8 Å². The number of benzene rings is 2. The van der Waals surface area contributed by atoms with Crippen LogP contribution in [-0.2, 0) is 6.54 Å². The minimum absolute atomic E-state index is 0.196. The lowest BCUT2D eigenvalue weighted by Gasteiger charge is -2.24. The second-order valence-corrected chi connectivity index (χ2v) is 4.62. The fourth-order valence-corrected chi connectivity index (χ4v) is 2.33. The van der Waals surface area contributed by atoms with Crippen molar-refractivity contribution in [2.75, 3.05) is 19.0 Å². The van der Waals surface area contributed by atoms with Crippen LogP contribution in [0, 0.1) is 12.7 Å². The zero-order chi connectivity index (χ0) is 13.8. The monoisotopic (exact) mass is 258 g/mol.